The molecule has 5 fully saturated rings. The Morgan fingerprint density at radius 1 is 1.18 bits per heavy atom. The summed E-state index contributed by atoms with van der Waals surface area (Å²) in [5.41, 5.74) is -1.69. The molecule has 1 aliphatic heterocycles. The Kier molecular flexibility index (Phi) is 4.71. The average Bonchev–Trinajstić information content (AvgIpc) is 3.18. The zero-order valence-electron chi connectivity index (χ0n) is 18.9. The lowest BCUT2D eigenvalue weighted by Crippen LogP contribution is -2.65. The minimum atomic E-state index is -3.90. The van der Waals surface area contributed by atoms with Gasteiger partial charge in [-0.1, -0.05) is 12.1 Å². The molecule has 4 bridgehead atoms. The van der Waals surface area contributed by atoms with Crippen molar-refractivity contribution in [1.29, 1.82) is 0 Å². The van der Waals surface area contributed by atoms with Crippen molar-refractivity contribution < 1.29 is 18.3 Å². The number of nitrogens with one attached hydrogen (secondary N) is 1. The van der Waals surface area contributed by atoms with Crippen LogP contribution in [0.25, 0.3) is 10.8 Å². The number of amides is 1. The standard InChI is InChI=1S/C25H31N3O4S/c1-24(23(29)27-22-18-10-16-11-19(22)14-25(30,12-16)13-18)7-3-9-28(24)33(31,32)21-5-2-4-17-6-8-26-15-20(17)21/h2,4-6,8,15-16,18-19,22,30H,3,7,9-14H2,1H3,(H,27,29)/t16?,18?,19?,22?,24-,25?/m1/s1. The summed E-state index contributed by atoms with van der Waals surface area (Å²) in [6, 6.07) is 7.03. The number of rotatable bonds is 4. The molecule has 1 aromatic heterocycles. The molecule has 33 heavy (non-hydrogen) atoms. The van der Waals surface area contributed by atoms with Crippen LogP contribution in [0.1, 0.15) is 51.9 Å². The van der Waals surface area contributed by atoms with Gasteiger partial charge < -0.3 is 10.4 Å². The van der Waals surface area contributed by atoms with Crippen molar-refractivity contribution in [2.24, 2.45) is 17.8 Å². The molecule has 2 heterocycles. The van der Waals surface area contributed by atoms with Crippen molar-refractivity contribution in [3.63, 3.8) is 0 Å². The summed E-state index contributed by atoms with van der Waals surface area (Å²) in [5.74, 6) is 0.916. The minimum absolute atomic E-state index is 0.0260. The van der Waals surface area contributed by atoms with Crippen LogP contribution < -0.4 is 5.32 Å². The highest BCUT2D eigenvalue weighted by atomic mass is 32.2. The number of benzene rings is 1. The van der Waals surface area contributed by atoms with Gasteiger partial charge in [0.05, 0.1) is 10.5 Å². The van der Waals surface area contributed by atoms with Gasteiger partial charge in [-0.15, -0.1) is 0 Å². The lowest BCUT2D eigenvalue weighted by Gasteiger charge is -2.58. The molecule has 1 saturated heterocycles. The number of carbonyl (C=O) groups is 1. The summed E-state index contributed by atoms with van der Waals surface area (Å²) in [5, 5.41) is 15.5. The van der Waals surface area contributed by atoms with Crippen molar-refractivity contribution in [3.05, 3.63) is 36.7 Å². The molecule has 176 valence electrons. The van der Waals surface area contributed by atoms with Gasteiger partial charge in [0.15, 0.2) is 0 Å². The monoisotopic (exact) mass is 469 g/mol. The highest BCUT2D eigenvalue weighted by Crippen LogP contribution is 2.55. The topological polar surface area (TPSA) is 99.6 Å². The minimum Gasteiger partial charge on any atom is -0.390 e. The SMILES string of the molecule is C[C@]1(C(=O)NC2C3CC4CC2CC(O)(C4)C3)CCCN1S(=O)(=O)c1cccc2ccncc12. The molecule has 2 N–H and O–H groups in total. The second kappa shape index (κ2) is 7.23. The lowest BCUT2D eigenvalue weighted by molar-refractivity contribution is -0.150. The normalized spacial score (nSPS) is 38.1. The second-order valence-corrected chi connectivity index (χ2v) is 12.8. The molecule has 2 unspecified atom stereocenters. The van der Waals surface area contributed by atoms with E-state index in [0.29, 0.717) is 30.7 Å². The maximum atomic E-state index is 13.8. The van der Waals surface area contributed by atoms with E-state index in [0.717, 1.165) is 37.5 Å². The van der Waals surface area contributed by atoms with E-state index in [1.165, 1.54) is 4.31 Å². The Morgan fingerprint density at radius 3 is 2.67 bits per heavy atom. The fourth-order valence-electron chi connectivity index (χ4n) is 7.50. The van der Waals surface area contributed by atoms with Gasteiger partial charge in [-0.2, -0.15) is 4.31 Å². The van der Waals surface area contributed by atoms with Gasteiger partial charge in [0.1, 0.15) is 5.54 Å². The van der Waals surface area contributed by atoms with Crippen LogP contribution in [-0.4, -0.2) is 52.4 Å². The lowest BCUT2D eigenvalue weighted by atomic mass is 9.52. The first kappa shape index (κ1) is 21.5. The number of carbonyl (C=O) groups excluding carboxylic acids is 1. The van der Waals surface area contributed by atoms with E-state index in [9.17, 15) is 18.3 Å². The fourth-order valence-corrected chi connectivity index (χ4v) is 9.51. The Hall–Kier alpha value is -2.03. The van der Waals surface area contributed by atoms with Crippen LogP contribution in [0.15, 0.2) is 41.6 Å². The molecule has 0 radical (unpaired) electrons. The van der Waals surface area contributed by atoms with Gasteiger partial charge in [0.2, 0.25) is 15.9 Å². The second-order valence-electron chi connectivity index (χ2n) is 11.0. The largest absolute Gasteiger partial charge is 0.390 e. The smallest absolute Gasteiger partial charge is 0.244 e. The van der Waals surface area contributed by atoms with Crippen molar-refractivity contribution >= 4 is 26.7 Å². The molecule has 4 saturated carbocycles. The van der Waals surface area contributed by atoms with Gasteiger partial charge in [0, 0.05) is 30.4 Å². The number of aromatic nitrogens is 1. The Morgan fingerprint density at radius 2 is 1.94 bits per heavy atom. The Balaban J connectivity index is 1.29. The molecular formula is C25H31N3O4S. The van der Waals surface area contributed by atoms with Crippen molar-refractivity contribution in [2.45, 2.75) is 73.9 Å². The van der Waals surface area contributed by atoms with E-state index in [4.69, 9.17) is 0 Å². The number of hydrogen-bond acceptors (Lipinski definition) is 5. The van der Waals surface area contributed by atoms with E-state index < -0.39 is 21.2 Å². The zero-order chi connectivity index (χ0) is 23.0. The summed E-state index contributed by atoms with van der Waals surface area (Å²) >= 11 is 0. The van der Waals surface area contributed by atoms with Crippen molar-refractivity contribution in [1.82, 2.24) is 14.6 Å². The molecule has 3 atom stereocenters. The number of aliphatic hydroxyl groups is 1. The maximum absolute atomic E-state index is 13.8. The van der Waals surface area contributed by atoms with Crippen LogP contribution in [0.2, 0.25) is 0 Å². The Bertz CT molecular complexity index is 1210. The fraction of sp³-hybridized carbons (Fsp3) is 0.600. The average molecular weight is 470 g/mol. The van der Waals surface area contributed by atoms with E-state index in [2.05, 4.69) is 10.3 Å². The third-order valence-electron chi connectivity index (χ3n) is 8.81. The maximum Gasteiger partial charge on any atom is 0.244 e. The molecule has 7 nitrogen and oxygen atoms in total. The third kappa shape index (κ3) is 3.25. The predicted octanol–water partition coefficient (Wildman–Crippen LogP) is 2.83. The van der Waals surface area contributed by atoms with Crippen molar-refractivity contribution in [2.75, 3.05) is 6.54 Å². The van der Waals surface area contributed by atoms with E-state index in [-0.39, 0.29) is 28.7 Å². The van der Waals surface area contributed by atoms with Gasteiger partial charge in [-0.25, -0.2) is 8.42 Å². The molecule has 0 spiro atoms. The van der Waals surface area contributed by atoms with Crippen LogP contribution in [0.4, 0.5) is 0 Å². The van der Waals surface area contributed by atoms with Gasteiger partial charge >= 0.3 is 0 Å². The van der Waals surface area contributed by atoms with Gasteiger partial charge in [0.25, 0.3) is 0 Å². The van der Waals surface area contributed by atoms with E-state index in [1.54, 1.807) is 37.5 Å². The molecule has 2 aromatic rings. The number of fused-ring (bicyclic) bond motifs is 1. The van der Waals surface area contributed by atoms with E-state index in [1.807, 2.05) is 6.07 Å². The summed E-state index contributed by atoms with van der Waals surface area (Å²) in [4.78, 5) is 18.0. The number of sulfonamides is 1. The van der Waals surface area contributed by atoms with Crippen LogP contribution in [0.5, 0.6) is 0 Å². The molecule has 4 aliphatic carbocycles. The summed E-state index contributed by atoms with van der Waals surface area (Å²) in [6.07, 6.45) is 8.84. The first-order valence-corrected chi connectivity index (χ1v) is 13.5. The van der Waals surface area contributed by atoms with Crippen LogP contribution in [0.3, 0.4) is 0 Å². The quantitative estimate of drug-likeness (QED) is 0.717. The number of pyridine rings is 1. The van der Waals surface area contributed by atoms with Crippen LogP contribution in [0, 0.1) is 17.8 Å². The number of hydrogen-bond donors (Lipinski definition) is 2. The molecule has 1 amide bonds. The molecule has 7 rings (SSSR count). The highest BCUT2D eigenvalue weighted by molar-refractivity contribution is 7.89. The molecular weight excluding hydrogens is 438 g/mol. The Labute approximate surface area is 194 Å². The first-order valence-electron chi connectivity index (χ1n) is 12.1. The third-order valence-corrected chi connectivity index (χ3v) is 10.9. The molecule has 5 aliphatic rings. The zero-order valence-corrected chi connectivity index (χ0v) is 19.7. The predicted molar refractivity (Wildman–Crippen MR) is 124 cm³/mol. The van der Waals surface area contributed by atoms with Crippen LogP contribution in [-0.2, 0) is 14.8 Å². The van der Waals surface area contributed by atoms with E-state index >= 15 is 0 Å². The van der Waals surface area contributed by atoms with Gasteiger partial charge in [-0.3, -0.25) is 9.78 Å². The van der Waals surface area contributed by atoms with Crippen LogP contribution >= 0.6 is 0 Å². The van der Waals surface area contributed by atoms with Gasteiger partial charge in [-0.05, 0) is 87.1 Å². The first-order chi connectivity index (χ1) is 15.7. The summed E-state index contributed by atoms with van der Waals surface area (Å²) in [7, 11) is -3.90. The van der Waals surface area contributed by atoms with Crippen molar-refractivity contribution in [3.8, 4) is 0 Å². The summed E-state index contributed by atoms with van der Waals surface area (Å²) < 4.78 is 29.1. The molecule has 1 aromatic carbocycles. The highest BCUT2D eigenvalue weighted by Gasteiger charge is 2.57. The summed E-state index contributed by atoms with van der Waals surface area (Å²) in [6.45, 7) is 2.09. The molecule has 8 heteroatoms. The number of nitrogens with zero attached hydrogens (tertiary/aromatic N) is 2.